The predicted molar refractivity (Wildman–Crippen MR) is 100 cm³/mol. The highest BCUT2D eigenvalue weighted by Gasteiger charge is 2.30. The van der Waals surface area contributed by atoms with E-state index < -0.39 is 10.2 Å². The zero-order valence-corrected chi connectivity index (χ0v) is 16.5. The second kappa shape index (κ2) is 7.02. The van der Waals surface area contributed by atoms with Crippen molar-refractivity contribution in [2.75, 3.05) is 40.3 Å². The standard InChI is InChI=1S/C18H25N3O4S/c1-13-5-6-16-15(12-25-18(16)14(13)2)11-17(22)20-7-9-21(10-8-20)26(23,24)19(3)4/h5-6,12H,7-11H2,1-4H3. The highest BCUT2D eigenvalue weighted by Crippen LogP contribution is 2.27. The molecule has 0 atom stereocenters. The Bertz CT molecular complexity index is 925. The molecule has 1 fully saturated rings. The van der Waals surface area contributed by atoms with Crippen LogP contribution in [0.3, 0.4) is 0 Å². The SMILES string of the molecule is Cc1ccc2c(CC(=O)N3CCN(S(=O)(=O)N(C)C)CC3)coc2c1C. The minimum Gasteiger partial charge on any atom is -0.464 e. The lowest BCUT2D eigenvalue weighted by Gasteiger charge is -2.35. The van der Waals surface area contributed by atoms with Crippen molar-refractivity contribution in [2.45, 2.75) is 20.3 Å². The molecule has 0 saturated carbocycles. The Morgan fingerprint density at radius 2 is 1.81 bits per heavy atom. The Morgan fingerprint density at radius 1 is 1.15 bits per heavy atom. The van der Waals surface area contributed by atoms with Crippen molar-refractivity contribution in [3.8, 4) is 0 Å². The normalized spacial score (nSPS) is 16.6. The van der Waals surface area contributed by atoms with Gasteiger partial charge in [-0.15, -0.1) is 0 Å². The summed E-state index contributed by atoms with van der Waals surface area (Å²) in [5.41, 5.74) is 3.94. The molecule has 7 nitrogen and oxygen atoms in total. The van der Waals surface area contributed by atoms with Crippen molar-refractivity contribution in [2.24, 2.45) is 0 Å². The van der Waals surface area contributed by atoms with Crippen LogP contribution in [-0.4, -0.2) is 68.1 Å². The van der Waals surface area contributed by atoms with Crippen molar-refractivity contribution >= 4 is 27.1 Å². The lowest BCUT2D eigenvalue weighted by atomic mass is 10.0. The van der Waals surface area contributed by atoms with Crippen LogP contribution >= 0.6 is 0 Å². The fourth-order valence-corrected chi connectivity index (χ4v) is 4.29. The maximum atomic E-state index is 12.7. The smallest absolute Gasteiger partial charge is 0.281 e. The van der Waals surface area contributed by atoms with Crippen LogP contribution in [0.4, 0.5) is 0 Å². The number of aryl methyl sites for hydroxylation is 2. The molecule has 0 radical (unpaired) electrons. The summed E-state index contributed by atoms with van der Waals surface area (Å²) in [4.78, 5) is 14.4. The second-order valence-electron chi connectivity index (χ2n) is 6.89. The molecule has 1 aliphatic heterocycles. The first-order chi connectivity index (χ1) is 12.2. The fraction of sp³-hybridized carbons (Fsp3) is 0.500. The molecule has 0 spiro atoms. The van der Waals surface area contributed by atoms with Crippen molar-refractivity contribution in [1.29, 1.82) is 0 Å². The maximum absolute atomic E-state index is 12.7. The summed E-state index contributed by atoms with van der Waals surface area (Å²) in [5.74, 6) is -0.00664. The number of carbonyl (C=O) groups excluding carboxylic acids is 1. The van der Waals surface area contributed by atoms with Crippen molar-refractivity contribution < 1.29 is 17.6 Å². The summed E-state index contributed by atoms with van der Waals surface area (Å²) in [6.45, 7) is 5.48. The van der Waals surface area contributed by atoms with Crippen LogP contribution in [0.1, 0.15) is 16.7 Å². The Balaban J connectivity index is 1.68. The Labute approximate surface area is 154 Å². The first kappa shape index (κ1) is 18.9. The molecule has 0 bridgehead atoms. The second-order valence-corrected chi connectivity index (χ2v) is 9.03. The van der Waals surface area contributed by atoms with Gasteiger partial charge in [-0.05, 0) is 25.0 Å². The average molecular weight is 379 g/mol. The number of nitrogens with zero attached hydrogens (tertiary/aromatic N) is 3. The van der Waals surface area contributed by atoms with Gasteiger partial charge in [0.05, 0.1) is 12.7 Å². The van der Waals surface area contributed by atoms with Crippen LogP contribution in [0.25, 0.3) is 11.0 Å². The molecule has 142 valence electrons. The first-order valence-corrected chi connectivity index (χ1v) is 10.0. The van der Waals surface area contributed by atoms with Crippen molar-refractivity contribution in [3.05, 3.63) is 35.1 Å². The summed E-state index contributed by atoms with van der Waals surface area (Å²) in [7, 11) is -0.394. The monoisotopic (exact) mass is 379 g/mol. The third kappa shape index (κ3) is 3.36. The number of piperazine rings is 1. The number of fused-ring (bicyclic) bond motifs is 1. The van der Waals surface area contributed by atoms with Crippen molar-refractivity contribution in [1.82, 2.24) is 13.5 Å². The van der Waals surface area contributed by atoms with Gasteiger partial charge < -0.3 is 9.32 Å². The van der Waals surface area contributed by atoms with E-state index in [1.165, 1.54) is 22.7 Å². The molecule has 0 unspecified atom stereocenters. The van der Waals surface area contributed by atoms with Gasteiger partial charge in [0.1, 0.15) is 5.58 Å². The molecule has 1 aliphatic rings. The van der Waals surface area contributed by atoms with E-state index in [-0.39, 0.29) is 12.3 Å². The number of benzene rings is 1. The van der Waals surface area contributed by atoms with Crippen LogP contribution in [-0.2, 0) is 21.4 Å². The van der Waals surface area contributed by atoms with Gasteiger partial charge in [0, 0.05) is 51.2 Å². The quantitative estimate of drug-likeness (QED) is 0.808. The molecule has 26 heavy (non-hydrogen) atoms. The molecule has 2 heterocycles. The van der Waals surface area contributed by atoms with E-state index in [1.54, 1.807) is 11.2 Å². The molecule has 1 aromatic heterocycles. The Kier molecular flexibility index (Phi) is 5.09. The highest BCUT2D eigenvalue weighted by atomic mass is 32.2. The molecular weight excluding hydrogens is 354 g/mol. The van der Waals surface area contributed by atoms with Gasteiger partial charge in [0.15, 0.2) is 0 Å². The van der Waals surface area contributed by atoms with Gasteiger partial charge >= 0.3 is 0 Å². The van der Waals surface area contributed by atoms with Gasteiger partial charge in [-0.1, -0.05) is 12.1 Å². The van der Waals surface area contributed by atoms with Crippen LogP contribution < -0.4 is 0 Å². The van der Waals surface area contributed by atoms with Crippen LogP contribution in [0.5, 0.6) is 0 Å². The summed E-state index contributed by atoms with van der Waals surface area (Å²) < 4.78 is 32.6. The number of carbonyl (C=O) groups is 1. The predicted octanol–water partition coefficient (Wildman–Crippen LogP) is 1.54. The van der Waals surface area contributed by atoms with Crippen LogP contribution in [0, 0.1) is 13.8 Å². The number of rotatable bonds is 4. The number of hydrogen-bond acceptors (Lipinski definition) is 4. The summed E-state index contributed by atoms with van der Waals surface area (Å²) in [6, 6.07) is 4.03. The van der Waals surface area contributed by atoms with Crippen LogP contribution in [0.2, 0.25) is 0 Å². The molecule has 0 aliphatic carbocycles. The number of hydrogen-bond donors (Lipinski definition) is 0. The van der Waals surface area contributed by atoms with E-state index in [0.717, 1.165) is 27.7 Å². The summed E-state index contributed by atoms with van der Waals surface area (Å²) >= 11 is 0. The van der Waals surface area contributed by atoms with E-state index >= 15 is 0 Å². The number of furan rings is 1. The fourth-order valence-electron chi connectivity index (χ4n) is 3.20. The van der Waals surface area contributed by atoms with E-state index in [2.05, 4.69) is 0 Å². The van der Waals surface area contributed by atoms with E-state index in [0.29, 0.717) is 26.2 Å². The van der Waals surface area contributed by atoms with Gasteiger partial charge in [-0.2, -0.15) is 17.0 Å². The van der Waals surface area contributed by atoms with E-state index in [4.69, 9.17) is 4.42 Å². The topological polar surface area (TPSA) is 74.1 Å². The first-order valence-electron chi connectivity index (χ1n) is 8.63. The van der Waals surface area contributed by atoms with E-state index in [9.17, 15) is 13.2 Å². The molecule has 1 amide bonds. The minimum atomic E-state index is -3.42. The summed E-state index contributed by atoms with van der Waals surface area (Å²) in [6.07, 6.45) is 1.91. The average Bonchev–Trinajstić information content (AvgIpc) is 3.01. The minimum absolute atomic E-state index is 0.00664. The zero-order valence-electron chi connectivity index (χ0n) is 15.7. The van der Waals surface area contributed by atoms with Gasteiger partial charge in [-0.25, -0.2) is 0 Å². The molecule has 1 aromatic carbocycles. The lowest BCUT2D eigenvalue weighted by molar-refractivity contribution is -0.131. The van der Waals surface area contributed by atoms with Gasteiger partial charge in [0.2, 0.25) is 5.91 Å². The molecule has 3 rings (SSSR count). The van der Waals surface area contributed by atoms with Crippen LogP contribution in [0.15, 0.2) is 22.8 Å². The molecule has 1 saturated heterocycles. The number of amides is 1. The highest BCUT2D eigenvalue weighted by molar-refractivity contribution is 7.86. The Hall–Kier alpha value is -1.90. The molecular formula is C18H25N3O4S. The largest absolute Gasteiger partial charge is 0.464 e. The Morgan fingerprint density at radius 3 is 2.42 bits per heavy atom. The van der Waals surface area contributed by atoms with Gasteiger partial charge in [0.25, 0.3) is 10.2 Å². The van der Waals surface area contributed by atoms with Gasteiger partial charge in [-0.3, -0.25) is 4.79 Å². The maximum Gasteiger partial charge on any atom is 0.281 e. The zero-order chi connectivity index (χ0) is 19.1. The molecule has 8 heteroatoms. The van der Waals surface area contributed by atoms with Crippen molar-refractivity contribution in [3.63, 3.8) is 0 Å². The lowest BCUT2D eigenvalue weighted by Crippen LogP contribution is -2.53. The third-order valence-corrected chi connectivity index (χ3v) is 7.00. The molecule has 0 N–H and O–H groups in total. The molecule has 2 aromatic rings. The summed E-state index contributed by atoms with van der Waals surface area (Å²) in [5, 5.41) is 0.968. The van der Waals surface area contributed by atoms with E-state index in [1.807, 2.05) is 26.0 Å². The third-order valence-electron chi connectivity index (χ3n) is 5.06.